The van der Waals surface area contributed by atoms with Gasteiger partial charge in [-0.05, 0) is 6.42 Å². The Balaban J connectivity index is 2.20. The Bertz CT molecular complexity index is 185. The molecule has 3 heteroatoms. The summed E-state index contributed by atoms with van der Waals surface area (Å²) in [5, 5.41) is 0. The summed E-state index contributed by atoms with van der Waals surface area (Å²) in [5.41, 5.74) is 0. The van der Waals surface area contributed by atoms with Gasteiger partial charge in [-0.15, -0.1) is 0 Å². The fourth-order valence-electron chi connectivity index (χ4n) is 1.57. The lowest BCUT2D eigenvalue weighted by atomic mass is 10.2. The second kappa shape index (κ2) is 5.00. The number of carbonyl (C=O) groups is 2. The van der Waals surface area contributed by atoms with Gasteiger partial charge in [0.05, 0.1) is 0 Å². The summed E-state index contributed by atoms with van der Waals surface area (Å²) in [6.45, 7) is 2.78. The summed E-state index contributed by atoms with van der Waals surface area (Å²) >= 11 is 0. The fraction of sp³-hybridized carbons (Fsp3) is 0.800. The van der Waals surface area contributed by atoms with Crippen LogP contribution in [0, 0.1) is 0 Å². The minimum atomic E-state index is 0.0153. The van der Waals surface area contributed by atoms with Gasteiger partial charge in [0.1, 0.15) is 0 Å². The quantitative estimate of drug-likeness (QED) is 0.480. The number of imide groups is 1. The Morgan fingerprint density at radius 3 is 2.23 bits per heavy atom. The zero-order valence-corrected chi connectivity index (χ0v) is 8.21. The van der Waals surface area contributed by atoms with Crippen LogP contribution in [0.1, 0.15) is 45.4 Å². The van der Waals surface area contributed by atoms with Crippen molar-refractivity contribution in [2.75, 3.05) is 6.54 Å². The van der Waals surface area contributed by atoms with Crippen molar-refractivity contribution in [2.45, 2.75) is 45.4 Å². The molecule has 2 amide bonds. The molecule has 0 spiro atoms. The number of hydrogen-bond donors (Lipinski definition) is 0. The molecule has 0 bridgehead atoms. The Kier molecular flexibility index (Phi) is 3.93. The Labute approximate surface area is 79.1 Å². The fourth-order valence-corrected chi connectivity index (χ4v) is 1.57. The maximum atomic E-state index is 11.2. The van der Waals surface area contributed by atoms with Gasteiger partial charge in [0.25, 0.3) is 0 Å². The predicted molar refractivity (Wildman–Crippen MR) is 50.1 cm³/mol. The average Bonchev–Trinajstić information content (AvgIpc) is 2.42. The molecule has 1 aliphatic rings. The summed E-state index contributed by atoms with van der Waals surface area (Å²) in [4.78, 5) is 23.7. The molecule has 0 radical (unpaired) electrons. The van der Waals surface area contributed by atoms with E-state index < -0.39 is 0 Å². The maximum absolute atomic E-state index is 11.2. The van der Waals surface area contributed by atoms with Gasteiger partial charge in [-0.25, -0.2) is 0 Å². The normalized spacial score (nSPS) is 17.2. The number of rotatable bonds is 5. The van der Waals surface area contributed by atoms with Gasteiger partial charge >= 0.3 is 0 Å². The van der Waals surface area contributed by atoms with Gasteiger partial charge < -0.3 is 0 Å². The van der Waals surface area contributed by atoms with Crippen LogP contribution < -0.4 is 0 Å². The number of likely N-dealkylation sites (tertiary alicyclic amines) is 1. The standard InChI is InChI=1S/C10H17NO2/c1-2-3-4-5-8-11-9(12)6-7-10(11)13/h2-8H2,1H3. The molecular weight excluding hydrogens is 166 g/mol. The van der Waals surface area contributed by atoms with Crippen LogP contribution in [0.4, 0.5) is 0 Å². The monoisotopic (exact) mass is 183 g/mol. The first-order chi connectivity index (χ1) is 6.25. The van der Waals surface area contributed by atoms with Gasteiger partial charge in [-0.2, -0.15) is 0 Å². The summed E-state index contributed by atoms with van der Waals surface area (Å²) in [5.74, 6) is 0.0306. The van der Waals surface area contributed by atoms with Gasteiger partial charge in [0.2, 0.25) is 11.8 Å². The molecule has 0 N–H and O–H groups in total. The van der Waals surface area contributed by atoms with Gasteiger partial charge in [-0.1, -0.05) is 26.2 Å². The van der Waals surface area contributed by atoms with Gasteiger partial charge in [-0.3, -0.25) is 14.5 Å². The highest BCUT2D eigenvalue weighted by atomic mass is 16.2. The lowest BCUT2D eigenvalue weighted by molar-refractivity contribution is -0.138. The zero-order chi connectivity index (χ0) is 9.68. The largest absolute Gasteiger partial charge is 0.283 e. The first kappa shape index (κ1) is 10.2. The van der Waals surface area contributed by atoms with Crippen LogP contribution in [-0.2, 0) is 9.59 Å². The third kappa shape index (κ3) is 2.83. The second-order valence-corrected chi connectivity index (χ2v) is 3.50. The SMILES string of the molecule is CCCCCCN1C(=O)CCC1=O. The van der Waals surface area contributed by atoms with Crippen LogP contribution >= 0.6 is 0 Å². The summed E-state index contributed by atoms with van der Waals surface area (Å²) in [6.07, 6.45) is 5.30. The van der Waals surface area contributed by atoms with Crippen molar-refractivity contribution >= 4 is 11.8 Å². The summed E-state index contributed by atoms with van der Waals surface area (Å²) in [7, 11) is 0. The number of nitrogens with zero attached hydrogens (tertiary/aromatic N) is 1. The molecule has 1 fully saturated rings. The molecular formula is C10H17NO2. The van der Waals surface area contributed by atoms with Crippen molar-refractivity contribution in [2.24, 2.45) is 0 Å². The molecule has 0 saturated carbocycles. The van der Waals surface area contributed by atoms with Crippen LogP contribution in [0.5, 0.6) is 0 Å². The third-order valence-electron chi connectivity index (χ3n) is 2.39. The molecule has 0 aliphatic carbocycles. The average molecular weight is 183 g/mol. The van der Waals surface area contributed by atoms with Crippen molar-refractivity contribution in [3.8, 4) is 0 Å². The number of carbonyl (C=O) groups excluding carboxylic acids is 2. The van der Waals surface area contributed by atoms with E-state index in [0.717, 1.165) is 12.8 Å². The van der Waals surface area contributed by atoms with Gasteiger partial charge in [0, 0.05) is 19.4 Å². The van der Waals surface area contributed by atoms with E-state index in [4.69, 9.17) is 0 Å². The van der Waals surface area contributed by atoms with Crippen molar-refractivity contribution in [3.05, 3.63) is 0 Å². The molecule has 1 rings (SSSR count). The number of amides is 2. The Morgan fingerprint density at radius 1 is 1.08 bits per heavy atom. The Morgan fingerprint density at radius 2 is 1.69 bits per heavy atom. The van der Waals surface area contributed by atoms with E-state index in [9.17, 15) is 9.59 Å². The second-order valence-electron chi connectivity index (χ2n) is 3.50. The first-order valence-corrected chi connectivity index (χ1v) is 5.09. The minimum Gasteiger partial charge on any atom is -0.283 e. The molecule has 3 nitrogen and oxygen atoms in total. The lowest BCUT2D eigenvalue weighted by Gasteiger charge is -2.12. The molecule has 74 valence electrons. The molecule has 1 heterocycles. The number of unbranched alkanes of at least 4 members (excludes halogenated alkanes) is 3. The Hall–Kier alpha value is -0.860. The van der Waals surface area contributed by atoms with E-state index >= 15 is 0 Å². The number of hydrogen-bond acceptors (Lipinski definition) is 2. The minimum absolute atomic E-state index is 0.0153. The van der Waals surface area contributed by atoms with Gasteiger partial charge in [0.15, 0.2) is 0 Å². The molecule has 0 unspecified atom stereocenters. The van der Waals surface area contributed by atoms with Crippen molar-refractivity contribution < 1.29 is 9.59 Å². The molecule has 1 saturated heterocycles. The third-order valence-corrected chi connectivity index (χ3v) is 2.39. The van der Waals surface area contributed by atoms with E-state index in [-0.39, 0.29) is 11.8 Å². The van der Waals surface area contributed by atoms with Crippen molar-refractivity contribution in [1.29, 1.82) is 0 Å². The van der Waals surface area contributed by atoms with E-state index in [1.807, 2.05) is 0 Å². The van der Waals surface area contributed by atoms with Crippen LogP contribution in [-0.4, -0.2) is 23.3 Å². The van der Waals surface area contributed by atoms with Crippen LogP contribution in [0.3, 0.4) is 0 Å². The molecule has 0 aromatic carbocycles. The predicted octanol–water partition coefficient (Wildman–Crippen LogP) is 1.72. The van der Waals surface area contributed by atoms with E-state index in [0.29, 0.717) is 19.4 Å². The van der Waals surface area contributed by atoms with E-state index in [1.165, 1.54) is 17.7 Å². The molecule has 1 aliphatic heterocycles. The van der Waals surface area contributed by atoms with Crippen LogP contribution in [0.2, 0.25) is 0 Å². The summed E-state index contributed by atoms with van der Waals surface area (Å²) in [6, 6.07) is 0. The highest BCUT2D eigenvalue weighted by molar-refractivity contribution is 6.01. The highest BCUT2D eigenvalue weighted by Crippen LogP contribution is 2.12. The van der Waals surface area contributed by atoms with Crippen molar-refractivity contribution in [1.82, 2.24) is 4.90 Å². The van der Waals surface area contributed by atoms with E-state index in [2.05, 4.69) is 6.92 Å². The maximum Gasteiger partial charge on any atom is 0.229 e. The van der Waals surface area contributed by atoms with Crippen LogP contribution in [0.15, 0.2) is 0 Å². The summed E-state index contributed by atoms with van der Waals surface area (Å²) < 4.78 is 0. The zero-order valence-electron chi connectivity index (χ0n) is 8.21. The molecule has 0 aromatic rings. The molecule has 13 heavy (non-hydrogen) atoms. The van der Waals surface area contributed by atoms with Crippen LogP contribution in [0.25, 0.3) is 0 Å². The smallest absolute Gasteiger partial charge is 0.229 e. The van der Waals surface area contributed by atoms with Crippen molar-refractivity contribution in [3.63, 3.8) is 0 Å². The lowest BCUT2D eigenvalue weighted by Crippen LogP contribution is -2.29. The molecule has 0 atom stereocenters. The molecule has 0 aromatic heterocycles. The highest BCUT2D eigenvalue weighted by Gasteiger charge is 2.27. The van der Waals surface area contributed by atoms with E-state index in [1.54, 1.807) is 0 Å². The first-order valence-electron chi connectivity index (χ1n) is 5.09. The topological polar surface area (TPSA) is 37.4 Å².